The van der Waals surface area contributed by atoms with E-state index in [0.29, 0.717) is 5.69 Å². The largest absolute Gasteiger partial charge is 0.371 e. The van der Waals surface area contributed by atoms with Crippen LogP contribution in [-0.2, 0) is 6.54 Å². The van der Waals surface area contributed by atoms with Crippen molar-refractivity contribution < 1.29 is 4.79 Å². The van der Waals surface area contributed by atoms with E-state index < -0.39 is 0 Å². The molecule has 0 saturated carbocycles. The van der Waals surface area contributed by atoms with Gasteiger partial charge in [-0.1, -0.05) is 37.3 Å². The van der Waals surface area contributed by atoms with Crippen LogP contribution >= 0.6 is 0 Å². The Kier molecular flexibility index (Phi) is 5.91. The van der Waals surface area contributed by atoms with Crippen LogP contribution in [-0.4, -0.2) is 60.0 Å². The summed E-state index contributed by atoms with van der Waals surface area (Å²) in [4.78, 5) is 24.1. The summed E-state index contributed by atoms with van der Waals surface area (Å²) in [6.45, 7) is 8.74. The molecule has 2 aliphatic heterocycles. The van der Waals surface area contributed by atoms with Gasteiger partial charge in [0.25, 0.3) is 5.91 Å². The van der Waals surface area contributed by atoms with Crippen molar-refractivity contribution in [3.63, 3.8) is 0 Å². The molecule has 3 heterocycles. The Labute approximate surface area is 168 Å². The molecule has 0 aliphatic carbocycles. The number of piperidine rings is 1. The van der Waals surface area contributed by atoms with Gasteiger partial charge in [0.05, 0.1) is 0 Å². The van der Waals surface area contributed by atoms with E-state index in [1.807, 2.05) is 23.1 Å². The average Bonchev–Trinajstić information content (AvgIpc) is 2.75. The van der Waals surface area contributed by atoms with Crippen LogP contribution in [0.5, 0.6) is 0 Å². The van der Waals surface area contributed by atoms with Gasteiger partial charge in [-0.15, -0.1) is 0 Å². The minimum Gasteiger partial charge on any atom is -0.371 e. The maximum Gasteiger partial charge on any atom is 0.272 e. The number of hydrogen-bond acceptors (Lipinski definition) is 4. The number of carbonyl (C=O) groups is 1. The molecular weight excluding hydrogens is 348 g/mol. The number of benzene rings is 1. The predicted molar refractivity (Wildman–Crippen MR) is 112 cm³/mol. The van der Waals surface area contributed by atoms with Crippen molar-refractivity contribution in [2.45, 2.75) is 26.3 Å². The zero-order chi connectivity index (χ0) is 19.3. The highest BCUT2D eigenvalue weighted by molar-refractivity contribution is 5.93. The van der Waals surface area contributed by atoms with Crippen LogP contribution in [0.25, 0.3) is 0 Å². The lowest BCUT2D eigenvalue weighted by molar-refractivity contribution is 0.0623. The minimum atomic E-state index is 0.0617. The molecule has 2 aliphatic rings. The summed E-state index contributed by atoms with van der Waals surface area (Å²) in [5, 5.41) is 0. The van der Waals surface area contributed by atoms with Gasteiger partial charge in [-0.05, 0) is 36.5 Å². The fraction of sp³-hybridized carbons (Fsp3) is 0.478. The second kappa shape index (κ2) is 8.74. The molecule has 0 N–H and O–H groups in total. The van der Waals surface area contributed by atoms with Gasteiger partial charge in [-0.25, -0.2) is 0 Å². The maximum atomic E-state index is 13.0. The smallest absolute Gasteiger partial charge is 0.272 e. The zero-order valence-electron chi connectivity index (χ0n) is 16.8. The van der Waals surface area contributed by atoms with Crippen molar-refractivity contribution >= 4 is 11.6 Å². The number of nitrogens with zero attached hydrogens (tertiary/aromatic N) is 4. The first-order chi connectivity index (χ1) is 13.7. The Morgan fingerprint density at radius 2 is 1.71 bits per heavy atom. The normalized spacial score (nSPS) is 19.0. The SMILES string of the molecule is CC1CCN(c2ccnc(C(=O)N3CCN(Cc4ccccc4)CC3)c2)CC1. The molecular formula is C23H30N4O. The van der Waals surface area contributed by atoms with Crippen LogP contribution in [0.4, 0.5) is 5.69 Å². The Morgan fingerprint density at radius 3 is 2.43 bits per heavy atom. The van der Waals surface area contributed by atoms with E-state index in [0.717, 1.165) is 57.4 Å². The highest BCUT2D eigenvalue weighted by Crippen LogP contribution is 2.23. The van der Waals surface area contributed by atoms with Gasteiger partial charge in [-0.2, -0.15) is 0 Å². The maximum absolute atomic E-state index is 13.0. The topological polar surface area (TPSA) is 39.7 Å². The monoisotopic (exact) mass is 378 g/mol. The van der Waals surface area contributed by atoms with Crippen LogP contribution in [0.3, 0.4) is 0 Å². The first-order valence-corrected chi connectivity index (χ1v) is 10.5. The summed E-state index contributed by atoms with van der Waals surface area (Å²) < 4.78 is 0. The molecule has 0 atom stereocenters. The van der Waals surface area contributed by atoms with Gasteiger partial charge in [0.1, 0.15) is 5.69 Å². The van der Waals surface area contributed by atoms with E-state index in [2.05, 4.69) is 46.0 Å². The Morgan fingerprint density at radius 1 is 1.00 bits per heavy atom. The second-order valence-electron chi connectivity index (χ2n) is 8.12. The second-order valence-corrected chi connectivity index (χ2v) is 8.12. The predicted octanol–water partition coefficient (Wildman–Crippen LogP) is 3.28. The van der Waals surface area contributed by atoms with Crippen LogP contribution < -0.4 is 4.90 Å². The van der Waals surface area contributed by atoms with E-state index in [-0.39, 0.29) is 5.91 Å². The third kappa shape index (κ3) is 4.53. The molecule has 4 rings (SSSR count). The van der Waals surface area contributed by atoms with E-state index in [4.69, 9.17) is 0 Å². The van der Waals surface area contributed by atoms with Gasteiger partial charge in [0.15, 0.2) is 0 Å². The van der Waals surface area contributed by atoms with Gasteiger partial charge in [0, 0.05) is 57.7 Å². The average molecular weight is 379 g/mol. The third-order valence-corrected chi connectivity index (χ3v) is 6.02. The number of pyridine rings is 1. The summed E-state index contributed by atoms with van der Waals surface area (Å²) in [5.41, 5.74) is 3.04. The molecule has 1 amide bonds. The highest BCUT2D eigenvalue weighted by Gasteiger charge is 2.24. The number of hydrogen-bond donors (Lipinski definition) is 0. The lowest BCUT2D eigenvalue weighted by Crippen LogP contribution is -2.48. The fourth-order valence-electron chi connectivity index (χ4n) is 4.11. The van der Waals surface area contributed by atoms with Crippen LogP contribution in [0.2, 0.25) is 0 Å². The van der Waals surface area contributed by atoms with Gasteiger partial charge in [0.2, 0.25) is 0 Å². The molecule has 5 heteroatoms. The summed E-state index contributed by atoms with van der Waals surface area (Å²) in [6, 6.07) is 14.5. The molecule has 28 heavy (non-hydrogen) atoms. The molecule has 0 unspecified atom stereocenters. The van der Waals surface area contributed by atoms with Crippen LogP contribution in [0.15, 0.2) is 48.7 Å². The van der Waals surface area contributed by atoms with E-state index in [1.54, 1.807) is 6.20 Å². The molecule has 2 aromatic rings. The number of carbonyl (C=O) groups excluding carboxylic acids is 1. The standard InChI is InChI=1S/C23H30N4O/c1-19-8-11-26(12-9-19)21-7-10-24-22(17-21)23(28)27-15-13-25(14-16-27)18-20-5-3-2-4-6-20/h2-7,10,17,19H,8-9,11-16,18H2,1H3. The lowest BCUT2D eigenvalue weighted by Gasteiger charge is -2.35. The van der Waals surface area contributed by atoms with Crippen molar-refractivity contribution in [2.75, 3.05) is 44.2 Å². The molecule has 1 aromatic carbocycles. The van der Waals surface area contributed by atoms with Crippen molar-refractivity contribution in [1.82, 2.24) is 14.8 Å². The Bertz CT molecular complexity index is 778. The quantitative estimate of drug-likeness (QED) is 0.819. The number of piperazine rings is 1. The first kappa shape index (κ1) is 18.9. The first-order valence-electron chi connectivity index (χ1n) is 10.5. The summed E-state index contributed by atoms with van der Waals surface area (Å²) in [7, 11) is 0. The highest BCUT2D eigenvalue weighted by atomic mass is 16.2. The minimum absolute atomic E-state index is 0.0617. The van der Waals surface area contributed by atoms with Gasteiger partial charge in [-0.3, -0.25) is 14.7 Å². The van der Waals surface area contributed by atoms with Crippen molar-refractivity contribution in [2.24, 2.45) is 5.92 Å². The summed E-state index contributed by atoms with van der Waals surface area (Å²) in [5.74, 6) is 0.859. The summed E-state index contributed by atoms with van der Waals surface area (Å²) >= 11 is 0. The number of rotatable bonds is 4. The number of aromatic nitrogens is 1. The zero-order valence-corrected chi connectivity index (χ0v) is 16.8. The third-order valence-electron chi connectivity index (χ3n) is 6.02. The molecule has 1 aromatic heterocycles. The Hall–Kier alpha value is -2.40. The number of anilines is 1. The van der Waals surface area contributed by atoms with Gasteiger partial charge < -0.3 is 9.80 Å². The fourth-order valence-corrected chi connectivity index (χ4v) is 4.11. The molecule has 2 saturated heterocycles. The molecule has 2 fully saturated rings. The molecule has 0 radical (unpaired) electrons. The Balaban J connectivity index is 1.34. The number of amides is 1. The van der Waals surface area contributed by atoms with E-state index >= 15 is 0 Å². The lowest BCUT2D eigenvalue weighted by atomic mass is 9.99. The van der Waals surface area contributed by atoms with E-state index in [9.17, 15) is 4.79 Å². The molecule has 0 bridgehead atoms. The van der Waals surface area contributed by atoms with Crippen LogP contribution in [0, 0.1) is 5.92 Å². The summed E-state index contributed by atoms with van der Waals surface area (Å²) in [6.07, 6.45) is 4.22. The van der Waals surface area contributed by atoms with Crippen molar-refractivity contribution in [3.05, 3.63) is 59.9 Å². The van der Waals surface area contributed by atoms with Crippen molar-refractivity contribution in [3.8, 4) is 0 Å². The van der Waals surface area contributed by atoms with E-state index in [1.165, 1.54) is 18.4 Å². The molecule has 5 nitrogen and oxygen atoms in total. The van der Waals surface area contributed by atoms with Crippen LogP contribution in [0.1, 0.15) is 35.8 Å². The molecule has 0 spiro atoms. The molecule has 148 valence electrons. The van der Waals surface area contributed by atoms with Crippen molar-refractivity contribution in [1.29, 1.82) is 0 Å². The van der Waals surface area contributed by atoms with Gasteiger partial charge >= 0.3 is 0 Å².